The Hall–Kier alpha value is -4.51. The van der Waals surface area contributed by atoms with Gasteiger partial charge in [-0.15, -0.1) is 0 Å². The number of rotatable bonds is 4. The lowest BCUT2D eigenvalue weighted by atomic mass is 9.84. The second-order valence-electron chi connectivity index (χ2n) is 8.55. The van der Waals surface area contributed by atoms with Gasteiger partial charge in [0.15, 0.2) is 5.75 Å². The van der Waals surface area contributed by atoms with Crippen LogP contribution in [0.2, 0.25) is 0 Å². The molecule has 0 aliphatic carbocycles. The van der Waals surface area contributed by atoms with Crippen molar-refractivity contribution in [1.29, 1.82) is 5.26 Å². The molecule has 8 heteroatoms. The maximum atomic E-state index is 13.3. The molecule has 2 aromatic carbocycles. The highest BCUT2D eigenvalue weighted by Gasteiger charge is 2.37. The average molecular weight is 469 g/mol. The van der Waals surface area contributed by atoms with E-state index >= 15 is 0 Å². The van der Waals surface area contributed by atoms with Gasteiger partial charge in [-0.2, -0.15) is 5.26 Å². The minimum Gasteiger partial charge on any atom is -0.439 e. The molecule has 176 valence electrons. The zero-order valence-corrected chi connectivity index (χ0v) is 19.6. The number of aromatic nitrogens is 1. The van der Waals surface area contributed by atoms with Crippen LogP contribution in [0.1, 0.15) is 36.5 Å². The maximum absolute atomic E-state index is 13.3. The van der Waals surface area contributed by atoms with Gasteiger partial charge in [0.1, 0.15) is 17.2 Å². The summed E-state index contributed by atoms with van der Waals surface area (Å²) in [4.78, 5) is 31.5. The van der Waals surface area contributed by atoms with Crippen LogP contribution in [-0.4, -0.2) is 18.1 Å². The van der Waals surface area contributed by atoms with E-state index in [9.17, 15) is 14.9 Å². The summed E-state index contributed by atoms with van der Waals surface area (Å²) >= 11 is 0. The predicted molar refractivity (Wildman–Crippen MR) is 135 cm³/mol. The van der Waals surface area contributed by atoms with E-state index in [0.717, 1.165) is 29.7 Å². The average Bonchev–Trinajstić information content (AvgIpc) is 2.83. The van der Waals surface area contributed by atoms with Crippen molar-refractivity contribution >= 4 is 27.6 Å². The quantitative estimate of drug-likeness (QED) is 0.434. The van der Waals surface area contributed by atoms with E-state index in [1.54, 1.807) is 18.2 Å². The maximum Gasteiger partial charge on any atom is 0.344 e. The standard InChI is InChI=1S/C27H24N4O4/c1-4-31(5-2)16-8-9-17-21(12-16)34-27(33)23-22(19(13-28)25(29)35-24(17)23)18-11-15-7-6-14(3)10-20(15)30-26(18)32/h6-12,22H,4-5,29H2,1-3H3,(H,30,32). The number of aromatic amines is 1. The summed E-state index contributed by atoms with van der Waals surface area (Å²) in [5.41, 5.74) is 8.25. The second-order valence-corrected chi connectivity index (χ2v) is 8.55. The number of hydrogen-bond donors (Lipinski definition) is 2. The fourth-order valence-corrected chi connectivity index (χ4v) is 4.75. The number of ether oxygens (including phenoxy) is 1. The van der Waals surface area contributed by atoms with E-state index in [0.29, 0.717) is 16.5 Å². The Morgan fingerprint density at radius 2 is 1.89 bits per heavy atom. The van der Waals surface area contributed by atoms with E-state index in [-0.39, 0.29) is 28.3 Å². The number of fused-ring (bicyclic) bond motifs is 4. The second kappa shape index (κ2) is 8.37. The minimum absolute atomic E-state index is 0.0131. The Kier molecular flexibility index (Phi) is 5.33. The monoisotopic (exact) mass is 468 g/mol. The normalized spacial score (nSPS) is 15.1. The number of nitrogens with two attached hydrogens (primary N) is 1. The first kappa shape index (κ1) is 22.3. The molecule has 1 aliphatic heterocycles. The lowest BCUT2D eigenvalue weighted by Gasteiger charge is -2.26. The molecule has 0 bridgehead atoms. The number of nitrogens with one attached hydrogen (secondary N) is 1. The predicted octanol–water partition coefficient (Wildman–Crippen LogP) is 4.01. The number of pyridine rings is 1. The molecule has 0 fully saturated rings. The number of nitriles is 1. The SMILES string of the molecule is CCN(CC)c1ccc2c3c(c(=O)oc2c1)C(c1cc2ccc(C)cc2[nH]c1=O)C(C#N)=C(N)O3. The lowest BCUT2D eigenvalue weighted by Crippen LogP contribution is -2.29. The van der Waals surface area contributed by atoms with Gasteiger partial charge in [-0.05, 0) is 56.0 Å². The van der Waals surface area contributed by atoms with Crippen molar-refractivity contribution in [3.63, 3.8) is 0 Å². The number of aryl methyl sites for hydroxylation is 1. The largest absolute Gasteiger partial charge is 0.439 e. The Morgan fingerprint density at radius 3 is 2.60 bits per heavy atom. The third kappa shape index (κ3) is 3.53. The molecule has 1 aliphatic rings. The van der Waals surface area contributed by atoms with E-state index < -0.39 is 17.1 Å². The third-order valence-corrected chi connectivity index (χ3v) is 6.52. The van der Waals surface area contributed by atoms with Gasteiger partial charge in [0, 0.05) is 35.9 Å². The molecule has 3 N–H and O–H groups in total. The van der Waals surface area contributed by atoms with Crippen molar-refractivity contribution < 1.29 is 9.15 Å². The van der Waals surface area contributed by atoms with E-state index in [2.05, 4.69) is 9.88 Å². The third-order valence-electron chi connectivity index (χ3n) is 6.52. The van der Waals surface area contributed by atoms with Crippen molar-refractivity contribution in [2.75, 3.05) is 18.0 Å². The molecule has 0 spiro atoms. The molecule has 4 aromatic rings. The van der Waals surface area contributed by atoms with Crippen molar-refractivity contribution in [2.24, 2.45) is 5.73 Å². The summed E-state index contributed by atoms with van der Waals surface area (Å²) in [6.07, 6.45) is 0. The van der Waals surface area contributed by atoms with Crippen molar-refractivity contribution in [3.8, 4) is 11.8 Å². The topological polar surface area (TPSA) is 125 Å². The molecule has 0 saturated carbocycles. The minimum atomic E-state index is -1.03. The van der Waals surface area contributed by atoms with Gasteiger partial charge in [-0.3, -0.25) is 4.79 Å². The molecular weight excluding hydrogens is 444 g/mol. The van der Waals surface area contributed by atoms with Crippen LogP contribution in [0, 0.1) is 18.3 Å². The first-order valence-electron chi connectivity index (χ1n) is 11.4. The van der Waals surface area contributed by atoms with Crippen LogP contribution >= 0.6 is 0 Å². The van der Waals surface area contributed by atoms with Crippen LogP contribution in [0.15, 0.2) is 67.9 Å². The highest BCUT2D eigenvalue weighted by Crippen LogP contribution is 2.43. The Bertz CT molecular complexity index is 1690. The van der Waals surface area contributed by atoms with Gasteiger partial charge in [-0.25, -0.2) is 4.79 Å². The van der Waals surface area contributed by atoms with Gasteiger partial charge < -0.3 is 24.8 Å². The van der Waals surface area contributed by atoms with Crippen LogP contribution < -0.4 is 26.6 Å². The van der Waals surface area contributed by atoms with E-state index in [4.69, 9.17) is 14.9 Å². The summed E-state index contributed by atoms with van der Waals surface area (Å²) in [7, 11) is 0. The van der Waals surface area contributed by atoms with Gasteiger partial charge in [0.25, 0.3) is 5.56 Å². The molecule has 8 nitrogen and oxygen atoms in total. The number of nitrogens with zero attached hydrogens (tertiary/aromatic N) is 2. The smallest absolute Gasteiger partial charge is 0.344 e. The Morgan fingerprint density at radius 1 is 1.11 bits per heavy atom. The van der Waals surface area contributed by atoms with Gasteiger partial charge >= 0.3 is 5.63 Å². The van der Waals surface area contributed by atoms with Crippen LogP contribution in [0.3, 0.4) is 0 Å². The van der Waals surface area contributed by atoms with E-state index in [1.165, 1.54) is 0 Å². The van der Waals surface area contributed by atoms with Crippen molar-refractivity contribution in [2.45, 2.75) is 26.7 Å². The summed E-state index contributed by atoms with van der Waals surface area (Å²) < 4.78 is 11.5. The van der Waals surface area contributed by atoms with Gasteiger partial charge in [0.05, 0.1) is 16.9 Å². The zero-order valence-electron chi connectivity index (χ0n) is 19.6. The number of benzene rings is 2. The van der Waals surface area contributed by atoms with Crippen LogP contribution in [0.5, 0.6) is 5.75 Å². The summed E-state index contributed by atoms with van der Waals surface area (Å²) in [5.74, 6) is -0.971. The number of H-pyrrole nitrogens is 1. The Labute approximate surface area is 200 Å². The highest BCUT2D eigenvalue weighted by atomic mass is 16.5. The summed E-state index contributed by atoms with van der Waals surface area (Å²) in [6.45, 7) is 7.60. The van der Waals surface area contributed by atoms with Crippen LogP contribution in [0.25, 0.3) is 21.9 Å². The highest BCUT2D eigenvalue weighted by molar-refractivity contribution is 5.89. The molecule has 2 aromatic heterocycles. The first-order valence-corrected chi connectivity index (χ1v) is 11.4. The number of hydrogen-bond acceptors (Lipinski definition) is 7. The molecule has 1 unspecified atom stereocenters. The van der Waals surface area contributed by atoms with Crippen molar-refractivity contribution in [1.82, 2.24) is 4.98 Å². The molecule has 0 saturated heterocycles. The first-order chi connectivity index (χ1) is 16.9. The molecule has 1 atom stereocenters. The summed E-state index contributed by atoms with van der Waals surface area (Å²) in [6, 6.07) is 14.9. The van der Waals surface area contributed by atoms with E-state index in [1.807, 2.05) is 51.1 Å². The van der Waals surface area contributed by atoms with Gasteiger partial charge in [-0.1, -0.05) is 12.1 Å². The molecular formula is C27H24N4O4. The van der Waals surface area contributed by atoms with Gasteiger partial charge in [0.2, 0.25) is 5.88 Å². The fraction of sp³-hybridized carbons (Fsp3) is 0.222. The molecule has 3 heterocycles. The number of anilines is 1. The molecule has 0 amide bonds. The molecule has 5 rings (SSSR count). The van der Waals surface area contributed by atoms with Crippen molar-refractivity contribution in [3.05, 3.63) is 91.4 Å². The zero-order chi connectivity index (χ0) is 24.9. The fourth-order valence-electron chi connectivity index (χ4n) is 4.75. The van der Waals surface area contributed by atoms with Crippen LogP contribution in [0.4, 0.5) is 5.69 Å². The molecule has 35 heavy (non-hydrogen) atoms. The summed E-state index contributed by atoms with van der Waals surface area (Å²) in [5, 5.41) is 11.2. The Balaban J connectivity index is 1.79. The lowest BCUT2D eigenvalue weighted by molar-refractivity contribution is 0.388. The van der Waals surface area contributed by atoms with Crippen LogP contribution in [-0.2, 0) is 0 Å². The molecule has 0 radical (unpaired) electrons. The number of allylic oxidation sites excluding steroid dienone is 1.